The van der Waals surface area contributed by atoms with E-state index >= 15 is 0 Å². The molecule has 0 saturated heterocycles. The van der Waals surface area contributed by atoms with Crippen LogP contribution in [0.3, 0.4) is 0 Å². The molecule has 0 spiro atoms. The lowest BCUT2D eigenvalue weighted by Crippen LogP contribution is -2.52. The summed E-state index contributed by atoms with van der Waals surface area (Å²) in [6.07, 6.45) is 5.26. The molecule has 0 radical (unpaired) electrons. The topological polar surface area (TPSA) is 49.4 Å². The van der Waals surface area contributed by atoms with Gasteiger partial charge >= 0.3 is 0 Å². The van der Waals surface area contributed by atoms with E-state index in [1.807, 2.05) is 83.8 Å². The molecule has 0 bridgehead atoms. The Morgan fingerprint density at radius 3 is 1.97 bits per heavy atom. The van der Waals surface area contributed by atoms with Gasteiger partial charge in [0, 0.05) is 36.9 Å². The van der Waals surface area contributed by atoms with Gasteiger partial charge in [-0.3, -0.25) is 9.59 Å². The number of hydrogen-bond acceptors (Lipinski definition) is 3. The quantitative estimate of drug-likeness (QED) is 0.310. The summed E-state index contributed by atoms with van der Waals surface area (Å²) < 4.78 is 0. The highest BCUT2D eigenvalue weighted by Gasteiger charge is 2.31. The number of nitrogens with zero attached hydrogens (tertiary/aromatic N) is 1. The molecular weight excluding hydrogens is 464 g/mol. The second-order valence-corrected chi connectivity index (χ2v) is 10.6. The number of thioether (sulfide) groups is 1. The molecule has 4 rings (SSSR count). The van der Waals surface area contributed by atoms with E-state index in [4.69, 9.17) is 0 Å². The Bertz CT molecular complexity index is 1070. The number of hydrogen-bond donors (Lipinski definition) is 1. The summed E-state index contributed by atoms with van der Waals surface area (Å²) in [6.45, 7) is 0.429. The van der Waals surface area contributed by atoms with E-state index in [0.29, 0.717) is 19.4 Å². The van der Waals surface area contributed by atoms with Gasteiger partial charge in [-0.2, -0.15) is 11.8 Å². The molecule has 0 aliphatic heterocycles. The van der Waals surface area contributed by atoms with Gasteiger partial charge < -0.3 is 10.2 Å². The highest BCUT2D eigenvalue weighted by Crippen LogP contribution is 2.21. The van der Waals surface area contributed by atoms with Crippen molar-refractivity contribution in [2.75, 3.05) is 5.75 Å². The minimum atomic E-state index is -0.542. The zero-order chi connectivity index (χ0) is 25.0. The average Bonchev–Trinajstić information content (AvgIpc) is 3.43. The van der Waals surface area contributed by atoms with Gasteiger partial charge in [-0.15, -0.1) is 0 Å². The van der Waals surface area contributed by atoms with Crippen molar-refractivity contribution >= 4 is 23.6 Å². The summed E-state index contributed by atoms with van der Waals surface area (Å²) in [5, 5.41) is 3.27. The van der Waals surface area contributed by atoms with Crippen molar-refractivity contribution in [1.82, 2.24) is 10.2 Å². The number of amides is 2. The van der Waals surface area contributed by atoms with Gasteiger partial charge in [-0.25, -0.2) is 0 Å². The Balaban J connectivity index is 1.50. The summed E-state index contributed by atoms with van der Waals surface area (Å²) in [4.78, 5) is 29.1. The van der Waals surface area contributed by atoms with Crippen LogP contribution >= 0.6 is 11.8 Å². The zero-order valence-corrected chi connectivity index (χ0v) is 21.7. The van der Waals surface area contributed by atoms with Gasteiger partial charge in [0.15, 0.2) is 0 Å². The largest absolute Gasteiger partial charge is 0.352 e. The lowest BCUT2D eigenvalue weighted by molar-refractivity contribution is -0.141. The third-order valence-corrected chi connectivity index (χ3v) is 7.77. The van der Waals surface area contributed by atoms with Crippen molar-refractivity contribution in [1.29, 1.82) is 0 Å². The lowest BCUT2D eigenvalue weighted by atomic mass is 10.0. The van der Waals surface area contributed by atoms with Gasteiger partial charge in [-0.05, 0) is 29.5 Å². The Morgan fingerprint density at radius 1 is 0.806 bits per heavy atom. The molecule has 1 aliphatic rings. The van der Waals surface area contributed by atoms with Gasteiger partial charge in [0.25, 0.3) is 0 Å². The first-order valence-corrected chi connectivity index (χ1v) is 14.1. The van der Waals surface area contributed by atoms with E-state index in [1.165, 1.54) is 5.56 Å². The van der Waals surface area contributed by atoms with Gasteiger partial charge in [0.05, 0.1) is 0 Å². The highest BCUT2D eigenvalue weighted by atomic mass is 32.2. The lowest BCUT2D eigenvalue weighted by Gasteiger charge is -2.32. The molecule has 0 heterocycles. The summed E-state index contributed by atoms with van der Waals surface area (Å²) >= 11 is 1.76. The van der Waals surface area contributed by atoms with Crippen LogP contribution < -0.4 is 5.32 Å². The van der Waals surface area contributed by atoms with Crippen LogP contribution in [0.25, 0.3) is 0 Å². The molecule has 1 unspecified atom stereocenters. The maximum absolute atomic E-state index is 13.7. The maximum Gasteiger partial charge on any atom is 0.243 e. The summed E-state index contributed by atoms with van der Waals surface area (Å²) in [7, 11) is 0. The fourth-order valence-electron chi connectivity index (χ4n) is 4.77. The molecule has 36 heavy (non-hydrogen) atoms. The zero-order valence-electron chi connectivity index (χ0n) is 20.9. The molecule has 1 aliphatic carbocycles. The van der Waals surface area contributed by atoms with E-state index in [-0.39, 0.29) is 17.9 Å². The first-order chi connectivity index (χ1) is 17.7. The number of rotatable bonds is 12. The monoisotopic (exact) mass is 500 g/mol. The smallest absolute Gasteiger partial charge is 0.243 e. The molecule has 1 fully saturated rings. The van der Waals surface area contributed by atoms with Crippen LogP contribution in [0, 0.1) is 0 Å². The molecule has 0 aromatic heterocycles. The van der Waals surface area contributed by atoms with E-state index in [2.05, 4.69) is 17.4 Å². The minimum absolute atomic E-state index is 0.0296. The molecular formula is C31H36N2O2S. The first kappa shape index (κ1) is 26.0. The Kier molecular flexibility index (Phi) is 10.0. The second-order valence-electron chi connectivity index (χ2n) is 9.49. The fourth-order valence-corrected chi connectivity index (χ4v) is 5.66. The maximum atomic E-state index is 13.7. The van der Waals surface area contributed by atoms with Gasteiger partial charge in [0.2, 0.25) is 11.8 Å². The van der Waals surface area contributed by atoms with Crippen LogP contribution in [0.4, 0.5) is 0 Å². The molecule has 1 saturated carbocycles. The molecule has 2 amide bonds. The standard InChI is InChI=1S/C31H36N2O2S/c34-30(20-21-36-24-27-16-8-3-9-17-27)33(23-26-14-6-2-7-15-26)29(22-25-12-4-1-5-13-25)31(35)32-28-18-10-11-19-28/h1-9,12-17,28-29H,10-11,18-24H2,(H,32,35). The molecule has 1 N–H and O–H groups in total. The van der Waals surface area contributed by atoms with Crippen LogP contribution in [0.15, 0.2) is 91.0 Å². The van der Waals surface area contributed by atoms with E-state index in [0.717, 1.165) is 48.3 Å². The SMILES string of the molecule is O=C(NC1CCCC1)C(Cc1ccccc1)N(Cc1ccccc1)C(=O)CCSCc1ccccc1. The number of carbonyl (C=O) groups is 2. The minimum Gasteiger partial charge on any atom is -0.352 e. The van der Waals surface area contributed by atoms with Crippen LogP contribution in [0.2, 0.25) is 0 Å². The Morgan fingerprint density at radius 2 is 1.36 bits per heavy atom. The van der Waals surface area contributed by atoms with E-state index in [9.17, 15) is 9.59 Å². The summed E-state index contributed by atoms with van der Waals surface area (Å²) in [6, 6.07) is 30.0. The van der Waals surface area contributed by atoms with Crippen molar-refractivity contribution < 1.29 is 9.59 Å². The molecule has 188 valence electrons. The normalized spacial score (nSPS) is 14.3. The summed E-state index contributed by atoms with van der Waals surface area (Å²) in [5.41, 5.74) is 3.36. The molecule has 5 heteroatoms. The molecule has 1 atom stereocenters. The number of carbonyl (C=O) groups excluding carboxylic acids is 2. The highest BCUT2D eigenvalue weighted by molar-refractivity contribution is 7.98. The van der Waals surface area contributed by atoms with Crippen LogP contribution in [0.5, 0.6) is 0 Å². The van der Waals surface area contributed by atoms with Crippen molar-refractivity contribution in [2.24, 2.45) is 0 Å². The third-order valence-electron chi connectivity index (χ3n) is 6.74. The number of benzene rings is 3. The second kappa shape index (κ2) is 13.9. The Hall–Kier alpha value is -3.05. The predicted molar refractivity (Wildman–Crippen MR) is 149 cm³/mol. The predicted octanol–water partition coefficient (Wildman–Crippen LogP) is 6.01. The van der Waals surface area contributed by atoms with Gasteiger partial charge in [0.1, 0.15) is 6.04 Å². The third kappa shape index (κ3) is 7.99. The van der Waals surface area contributed by atoms with Crippen LogP contribution in [0.1, 0.15) is 48.8 Å². The van der Waals surface area contributed by atoms with Crippen molar-refractivity contribution in [3.05, 3.63) is 108 Å². The van der Waals surface area contributed by atoms with E-state index < -0.39 is 6.04 Å². The van der Waals surface area contributed by atoms with Crippen LogP contribution in [-0.2, 0) is 28.3 Å². The van der Waals surface area contributed by atoms with Crippen molar-refractivity contribution in [3.8, 4) is 0 Å². The summed E-state index contributed by atoms with van der Waals surface area (Å²) in [5.74, 6) is 1.60. The molecule has 3 aromatic carbocycles. The molecule has 4 nitrogen and oxygen atoms in total. The van der Waals surface area contributed by atoms with Crippen molar-refractivity contribution in [3.63, 3.8) is 0 Å². The fraction of sp³-hybridized carbons (Fsp3) is 0.355. The average molecular weight is 501 g/mol. The van der Waals surface area contributed by atoms with Crippen molar-refractivity contribution in [2.45, 2.75) is 62.9 Å². The Labute approximate surface area is 219 Å². The molecule has 3 aromatic rings. The van der Waals surface area contributed by atoms with Gasteiger partial charge in [-0.1, -0.05) is 104 Å². The van der Waals surface area contributed by atoms with Crippen LogP contribution in [-0.4, -0.2) is 34.6 Å². The van der Waals surface area contributed by atoms with E-state index in [1.54, 1.807) is 11.8 Å². The first-order valence-electron chi connectivity index (χ1n) is 13.0. The number of nitrogens with one attached hydrogen (secondary N) is 1.